The zero-order chi connectivity index (χ0) is 27.6. The van der Waals surface area contributed by atoms with Crippen molar-refractivity contribution in [1.82, 2.24) is 28.7 Å². The number of anilines is 1. The van der Waals surface area contributed by atoms with Crippen LogP contribution in [-0.2, 0) is 11.0 Å². The number of aryl methyl sites for hydroxylation is 1. The van der Waals surface area contributed by atoms with Crippen LogP contribution in [0.2, 0.25) is 0 Å². The summed E-state index contributed by atoms with van der Waals surface area (Å²) in [5.41, 5.74) is 3.74. The minimum Gasteiger partial charge on any atom is -0.497 e. The van der Waals surface area contributed by atoms with Crippen LogP contribution >= 0.6 is 0 Å². The maximum Gasteiger partial charge on any atom is 0.262 e. The largest absolute Gasteiger partial charge is 0.497 e. The number of nitrogens with one attached hydrogen (secondary N) is 1. The number of carbonyl (C=O) groups is 1. The lowest BCUT2D eigenvalue weighted by Crippen LogP contribution is -2.34. The highest BCUT2D eigenvalue weighted by molar-refractivity contribution is 7.82. The first-order valence-corrected chi connectivity index (χ1v) is 14.2. The lowest BCUT2D eigenvalue weighted by atomic mass is 9.95. The highest BCUT2D eigenvalue weighted by Gasteiger charge is 2.28. The number of piperidine rings is 1. The summed E-state index contributed by atoms with van der Waals surface area (Å²) in [6, 6.07) is 19.1. The van der Waals surface area contributed by atoms with E-state index >= 15 is 0 Å². The molecule has 11 nitrogen and oxygen atoms in total. The van der Waals surface area contributed by atoms with Gasteiger partial charge in [-0.05, 0) is 56.2 Å². The quantitative estimate of drug-likeness (QED) is 0.316. The molecular formula is C29H31N7O4S. The van der Waals surface area contributed by atoms with Crippen molar-refractivity contribution in [3.05, 3.63) is 96.1 Å². The first kappa shape index (κ1) is 28.1. The minimum atomic E-state index is -1.26. The Kier molecular flexibility index (Phi) is 8.24. The normalized spacial score (nSPS) is 14.9. The lowest BCUT2D eigenvalue weighted by Gasteiger charge is -2.30. The van der Waals surface area contributed by atoms with Gasteiger partial charge in [-0.3, -0.25) is 4.79 Å². The average Bonchev–Trinajstić information content (AvgIpc) is 3.62. The van der Waals surface area contributed by atoms with Crippen LogP contribution < -0.4 is 10.1 Å². The van der Waals surface area contributed by atoms with Gasteiger partial charge in [-0.2, -0.15) is 10.2 Å². The number of carbonyl (C=O) groups excluding carboxylic acids is 1. The number of aromatic nitrogens is 5. The fourth-order valence-electron chi connectivity index (χ4n) is 4.92. The van der Waals surface area contributed by atoms with Crippen LogP contribution in [-0.4, -0.2) is 64.5 Å². The van der Waals surface area contributed by atoms with Gasteiger partial charge in [0.25, 0.3) is 5.91 Å². The fraction of sp³-hybridized carbons (Fsp3) is 0.241. The molecule has 12 heteroatoms. The second-order valence-electron chi connectivity index (χ2n) is 9.73. The predicted octanol–water partition coefficient (Wildman–Crippen LogP) is 3.56. The summed E-state index contributed by atoms with van der Waals surface area (Å²) in [7, 11) is 0.342. The highest BCUT2D eigenvalue weighted by Crippen LogP contribution is 2.32. The van der Waals surface area contributed by atoms with Crippen LogP contribution in [0.5, 0.6) is 5.75 Å². The molecule has 0 aliphatic carbocycles. The lowest BCUT2D eigenvalue weighted by molar-refractivity contribution is 0.102. The molecule has 0 spiro atoms. The topological polar surface area (TPSA) is 138 Å². The van der Waals surface area contributed by atoms with E-state index < -0.39 is 11.0 Å². The van der Waals surface area contributed by atoms with Gasteiger partial charge in [-0.1, -0.05) is 23.8 Å². The molecule has 0 saturated carbocycles. The van der Waals surface area contributed by atoms with Gasteiger partial charge in [0.1, 0.15) is 28.1 Å². The van der Waals surface area contributed by atoms with E-state index in [1.54, 1.807) is 34.8 Å². The van der Waals surface area contributed by atoms with Crippen molar-refractivity contribution >= 4 is 28.4 Å². The van der Waals surface area contributed by atoms with Gasteiger partial charge in [-0.25, -0.2) is 22.7 Å². The van der Waals surface area contributed by atoms with Crippen molar-refractivity contribution in [3.63, 3.8) is 0 Å². The number of nitrogens with zero attached hydrogens (tertiary/aromatic N) is 6. The summed E-state index contributed by atoms with van der Waals surface area (Å²) < 4.78 is 23.8. The molecule has 1 unspecified atom stereocenters. The molecule has 1 aliphatic rings. The summed E-state index contributed by atoms with van der Waals surface area (Å²) in [6.07, 6.45) is 6.50. The Labute approximate surface area is 239 Å². The third kappa shape index (κ3) is 5.75. The molecule has 3 aromatic heterocycles. The number of ether oxygens (including phenoxy) is 1. The van der Waals surface area contributed by atoms with Crippen LogP contribution in [0, 0.1) is 6.92 Å². The predicted molar refractivity (Wildman–Crippen MR) is 156 cm³/mol. The smallest absolute Gasteiger partial charge is 0.262 e. The molecule has 0 radical (unpaired) electrons. The number of hydrogen-bond donors (Lipinski definition) is 1. The van der Waals surface area contributed by atoms with Crippen molar-refractivity contribution in [2.45, 2.75) is 30.6 Å². The Bertz CT molecular complexity index is 1690. The zero-order valence-electron chi connectivity index (χ0n) is 22.7. The number of benzene rings is 2. The summed E-state index contributed by atoms with van der Waals surface area (Å²) in [6.45, 7) is 3.37. The van der Waals surface area contributed by atoms with Crippen LogP contribution in [0.15, 0.2) is 84.1 Å². The van der Waals surface area contributed by atoms with Crippen molar-refractivity contribution in [2.24, 2.45) is 0 Å². The van der Waals surface area contributed by atoms with Crippen molar-refractivity contribution in [2.75, 3.05) is 25.5 Å². The third-order valence-electron chi connectivity index (χ3n) is 7.12. The monoisotopic (exact) mass is 573 g/mol. The van der Waals surface area contributed by atoms with Gasteiger partial charge in [0.2, 0.25) is 0 Å². The molecule has 1 fully saturated rings. The molecule has 1 saturated heterocycles. The number of hydrogen-bond acceptors (Lipinski definition) is 6. The van der Waals surface area contributed by atoms with E-state index in [2.05, 4.69) is 15.4 Å². The molecule has 1 amide bonds. The second-order valence-corrected chi connectivity index (χ2v) is 11.2. The number of methoxy groups -OCH3 is 1. The summed E-state index contributed by atoms with van der Waals surface area (Å²) in [5.74, 6) is 1.12. The Morgan fingerprint density at radius 1 is 1.07 bits per heavy atom. The molecule has 2 aromatic carbocycles. The molecule has 212 valence electrons. The Balaban J connectivity index is 0.00000337. The number of rotatable bonds is 7. The standard InChI is InChI=1S/C29H29N7O3S.H2O/c1-20-7-9-22(10-8-20)36-27(32-29(37)25-19-31-35-14-4-13-30-28(25)35)18-26(33-36)21-11-15-34(16-12-21)40(38)24-6-3-5-23(17-24)39-2;/h3-10,13-14,17-19,21H,11-12,15-16H2,1-2H3,(H,32,37);1H2. The van der Waals surface area contributed by atoms with Crippen LogP contribution in [0.4, 0.5) is 5.82 Å². The molecule has 3 N–H and O–H groups in total. The van der Waals surface area contributed by atoms with Gasteiger partial charge < -0.3 is 15.5 Å². The maximum absolute atomic E-state index is 13.3. The van der Waals surface area contributed by atoms with Crippen molar-refractivity contribution < 1.29 is 19.2 Å². The summed E-state index contributed by atoms with van der Waals surface area (Å²) in [5, 5.41) is 12.2. The first-order valence-electron chi connectivity index (χ1n) is 13.1. The molecule has 6 rings (SSSR count). The van der Waals surface area contributed by atoms with E-state index in [0.29, 0.717) is 35.9 Å². The molecule has 0 bridgehead atoms. The second kappa shape index (κ2) is 12.0. The van der Waals surface area contributed by atoms with Crippen LogP contribution in [0.1, 0.15) is 40.4 Å². The van der Waals surface area contributed by atoms with Gasteiger partial charge in [-0.15, -0.1) is 0 Å². The van der Waals surface area contributed by atoms with Crippen molar-refractivity contribution in [1.29, 1.82) is 0 Å². The van der Waals surface area contributed by atoms with E-state index in [9.17, 15) is 9.00 Å². The zero-order valence-corrected chi connectivity index (χ0v) is 23.5. The Morgan fingerprint density at radius 2 is 1.85 bits per heavy atom. The van der Waals surface area contributed by atoms with Crippen molar-refractivity contribution in [3.8, 4) is 11.4 Å². The molecule has 1 atom stereocenters. The number of amides is 1. The fourth-order valence-corrected chi connectivity index (χ4v) is 6.17. The molecule has 5 aromatic rings. The van der Waals surface area contributed by atoms with Crippen LogP contribution in [0.3, 0.4) is 0 Å². The van der Waals surface area contributed by atoms with Gasteiger partial charge >= 0.3 is 0 Å². The maximum atomic E-state index is 13.3. The van der Waals surface area contributed by atoms with E-state index in [0.717, 1.165) is 34.7 Å². The third-order valence-corrected chi connectivity index (χ3v) is 8.61. The SMILES string of the molecule is COc1cccc(S(=O)N2CCC(c3cc(NC(=O)c4cnn5cccnc45)n(-c4ccc(C)cc4)n3)CC2)c1.O. The highest BCUT2D eigenvalue weighted by atomic mass is 32.2. The Morgan fingerprint density at radius 3 is 2.61 bits per heavy atom. The Hall–Kier alpha value is -4.39. The van der Waals surface area contributed by atoms with E-state index in [1.807, 2.05) is 65.8 Å². The summed E-state index contributed by atoms with van der Waals surface area (Å²) in [4.78, 5) is 18.4. The van der Waals surface area contributed by atoms with Gasteiger partial charge in [0.15, 0.2) is 5.65 Å². The minimum absolute atomic E-state index is 0. The van der Waals surface area contributed by atoms with E-state index in [-0.39, 0.29) is 17.3 Å². The van der Waals surface area contributed by atoms with Gasteiger partial charge in [0, 0.05) is 37.5 Å². The molecule has 41 heavy (non-hydrogen) atoms. The van der Waals surface area contributed by atoms with Crippen LogP contribution in [0.25, 0.3) is 11.3 Å². The molecule has 4 heterocycles. The molecular weight excluding hydrogens is 542 g/mol. The van der Waals surface area contributed by atoms with E-state index in [4.69, 9.17) is 9.84 Å². The van der Waals surface area contributed by atoms with Gasteiger partial charge in [0.05, 0.1) is 29.6 Å². The number of fused-ring (bicyclic) bond motifs is 1. The van der Waals surface area contributed by atoms with E-state index in [1.165, 1.54) is 6.20 Å². The summed E-state index contributed by atoms with van der Waals surface area (Å²) >= 11 is 0. The average molecular weight is 574 g/mol. The molecule has 1 aliphatic heterocycles. The first-order chi connectivity index (χ1) is 19.5.